The highest BCUT2D eigenvalue weighted by molar-refractivity contribution is 7.85. The molecular weight excluding hydrogens is 559 g/mol. The molecule has 41 heavy (non-hydrogen) atoms. The number of aromatic hydroxyl groups is 1. The van der Waals surface area contributed by atoms with Crippen molar-refractivity contribution in [3.8, 4) is 11.5 Å². The molecule has 0 heterocycles. The molecule has 0 bridgehead atoms. The van der Waals surface area contributed by atoms with Gasteiger partial charge in [-0.1, -0.05) is 75.2 Å². The lowest BCUT2D eigenvalue weighted by Crippen LogP contribution is -2.36. The van der Waals surface area contributed by atoms with Gasteiger partial charge in [-0.15, -0.1) is 0 Å². The van der Waals surface area contributed by atoms with Gasteiger partial charge in [0.15, 0.2) is 12.3 Å². The number of unbranched alkanes of at least 4 members (excludes halogenated alkanes) is 2. The van der Waals surface area contributed by atoms with Crippen LogP contribution < -0.4 is 4.74 Å². The first-order valence-corrected chi connectivity index (χ1v) is 14.9. The summed E-state index contributed by atoms with van der Waals surface area (Å²) in [5.41, 5.74) is 3.79. The maximum absolute atomic E-state index is 14.6. The van der Waals surface area contributed by atoms with E-state index in [1.54, 1.807) is 30.3 Å². The minimum Gasteiger partial charge on any atom is -0.508 e. The van der Waals surface area contributed by atoms with Gasteiger partial charge in [-0.3, -0.25) is 4.21 Å². The van der Waals surface area contributed by atoms with E-state index in [4.69, 9.17) is 4.74 Å². The minimum absolute atomic E-state index is 0.0391. The molecule has 222 valence electrons. The molecule has 3 nitrogen and oxygen atoms in total. The Morgan fingerprint density at radius 1 is 0.829 bits per heavy atom. The molecule has 4 atom stereocenters. The lowest BCUT2D eigenvalue weighted by molar-refractivity contribution is -0.0188. The largest absolute Gasteiger partial charge is 0.508 e. The van der Waals surface area contributed by atoms with Crippen LogP contribution in [0, 0.1) is 0 Å². The molecule has 0 saturated heterocycles. The smallest absolute Gasteiger partial charge is 0.272 e. The molecule has 0 aliphatic carbocycles. The Kier molecular flexibility index (Phi) is 12.4. The molecule has 3 aromatic carbocycles. The number of hydrogen-bond donors (Lipinski definition) is 1. The summed E-state index contributed by atoms with van der Waals surface area (Å²) >= 11 is 0. The van der Waals surface area contributed by atoms with Crippen LogP contribution in [0.1, 0.15) is 56.2 Å². The highest BCUT2D eigenvalue weighted by Gasteiger charge is 2.37. The van der Waals surface area contributed by atoms with Crippen LogP contribution in [0.25, 0.3) is 11.1 Å². The zero-order valence-corrected chi connectivity index (χ0v) is 23.9. The molecule has 0 saturated carbocycles. The first-order valence-electron chi connectivity index (χ1n) is 13.6. The van der Waals surface area contributed by atoms with Crippen molar-refractivity contribution < 1.29 is 36.0 Å². The first-order chi connectivity index (χ1) is 19.7. The third kappa shape index (κ3) is 8.64. The molecule has 0 aliphatic rings. The van der Waals surface area contributed by atoms with E-state index >= 15 is 0 Å². The third-order valence-electron chi connectivity index (χ3n) is 6.60. The molecule has 0 amide bonds. The van der Waals surface area contributed by atoms with Gasteiger partial charge in [0.1, 0.15) is 17.7 Å². The summed E-state index contributed by atoms with van der Waals surface area (Å²) in [6, 6.07) is 21.1. The first kappa shape index (κ1) is 32.3. The second kappa shape index (κ2) is 15.7. The molecule has 0 aliphatic heterocycles. The Hall–Kier alpha value is -3.20. The van der Waals surface area contributed by atoms with Crippen LogP contribution in [-0.4, -0.2) is 46.6 Å². The Morgan fingerprint density at radius 2 is 1.51 bits per heavy atom. The van der Waals surface area contributed by atoms with E-state index in [9.17, 15) is 31.3 Å². The van der Waals surface area contributed by atoms with Gasteiger partial charge in [-0.05, 0) is 64.9 Å². The normalized spacial score (nSPS) is 15.2. The Bertz CT molecular complexity index is 1320. The van der Waals surface area contributed by atoms with Gasteiger partial charge in [-0.2, -0.15) is 0 Å². The van der Waals surface area contributed by atoms with E-state index in [1.807, 2.05) is 50.2 Å². The van der Waals surface area contributed by atoms with Crippen LogP contribution in [0.15, 0.2) is 77.7 Å². The van der Waals surface area contributed by atoms with E-state index in [1.165, 1.54) is 6.07 Å². The zero-order chi connectivity index (χ0) is 29.9. The molecular formula is C32H35F5O3S. The fraction of sp³-hybridized carbons (Fsp3) is 0.375. The Labute approximate surface area is 240 Å². The van der Waals surface area contributed by atoms with Crippen LogP contribution in [-0.2, 0) is 10.8 Å². The van der Waals surface area contributed by atoms with Gasteiger partial charge >= 0.3 is 0 Å². The predicted octanol–water partition coefficient (Wildman–Crippen LogP) is 8.72. The fourth-order valence-corrected chi connectivity index (χ4v) is 5.76. The van der Waals surface area contributed by atoms with Crippen molar-refractivity contribution in [1.29, 1.82) is 0 Å². The van der Waals surface area contributed by atoms with E-state index in [-0.39, 0.29) is 16.4 Å². The second-order valence-electron chi connectivity index (χ2n) is 9.59. The summed E-state index contributed by atoms with van der Waals surface area (Å²) in [5, 5.41) is 10.2. The number of ether oxygens (including phenoxy) is 1. The SMILES string of the molecule is CCCCCOc1ccc(C(=C(CC)c2ccccc2)c2cccc(O)c2)cc1S(=O)CC(F)C(F)C(F)C(F)F. The Balaban J connectivity index is 2.14. The van der Waals surface area contributed by atoms with Crippen molar-refractivity contribution in [1.82, 2.24) is 0 Å². The number of rotatable bonds is 15. The van der Waals surface area contributed by atoms with Crippen LogP contribution in [0.5, 0.6) is 11.5 Å². The number of phenols is 1. The number of allylic oxidation sites excluding steroid dienone is 1. The summed E-state index contributed by atoms with van der Waals surface area (Å²) in [7, 11) is -2.25. The summed E-state index contributed by atoms with van der Waals surface area (Å²) in [5.74, 6) is -0.796. The quantitative estimate of drug-likeness (QED) is 0.109. The highest BCUT2D eigenvalue weighted by atomic mass is 32.2. The summed E-state index contributed by atoms with van der Waals surface area (Å²) in [4.78, 5) is 0.0440. The predicted molar refractivity (Wildman–Crippen MR) is 154 cm³/mol. The number of hydrogen-bond acceptors (Lipinski definition) is 3. The number of halogens is 5. The molecule has 0 aromatic heterocycles. The number of alkyl halides is 5. The average Bonchev–Trinajstić information content (AvgIpc) is 2.97. The van der Waals surface area contributed by atoms with Crippen LogP contribution in [0.3, 0.4) is 0 Å². The molecule has 4 unspecified atom stereocenters. The topological polar surface area (TPSA) is 46.5 Å². The second-order valence-corrected chi connectivity index (χ2v) is 11.1. The summed E-state index contributed by atoms with van der Waals surface area (Å²) in [6.45, 7) is 4.29. The van der Waals surface area contributed by atoms with Crippen molar-refractivity contribution in [3.63, 3.8) is 0 Å². The summed E-state index contributed by atoms with van der Waals surface area (Å²) in [6.07, 6.45) is -9.73. The number of benzene rings is 3. The molecule has 1 N–H and O–H groups in total. The van der Waals surface area contributed by atoms with Crippen LogP contribution in [0.4, 0.5) is 22.0 Å². The van der Waals surface area contributed by atoms with Crippen molar-refractivity contribution in [3.05, 3.63) is 89.5 Å². The van der Waals surface area contributed by atoms with E-state index < -0.39 is 41.5 Å². The summed E-state index contributed by atoms with van der Waals surface area (Å²) < 4.78 is 86.7. The maximum Gasteiger partial charge on any atom is 0.272 e. The van der Waals surface area contributed by atoms with Gasteiger partial charge in [0.2, 0.25) is 0 Å². The molecule has 0 radical (unpaired) electrons. The maximum atomic E-state index is 14.6. The molecule has 0 fully saturated rings. The molecule has 0 spiro atoms. The van der Waals surface area contributed by atoms with Crippen molar-refractivity contribution >= 4 is 21.9 Å². The molecule has 3 rings (SSSR count). The van der Waals surface area contributed by atoms with E-state index in [0.717, 1.165) is 24.0 Å². The van der Waals surface area contributed by atoms with Gasteiger partial charge < -0.3 is 9.84 Å². The fourth-order valence-electron chi connectivity index (χ4n) is 4.50. The molecule has 3 aromatic rings. The van der Waals surface area contributed by atoms with Crippen molar-refractivity contribution in [2.45, 2.75) is 69.4 Å². The lowest BCUT2D eigenvalue weighted by atomic mass is 9.88. The minimum atomic E-state index is -3.70. The van der Waals surface area contributed by atoms with Crippen molar-refractivity contribution in [2.75, 3.05) is 12.4 Å². The lowest BCUT2D eigenvalue weighted by Gasteiger charge is -2.20. The monoisotopic (exact) mass is 594 g/mol. The Morgan fingerprint density at radius 3 is 2.15 bits per heavy atom. The average molecular weight is 595 g/mol. The van der Waals surface area contributed by atoms with Gasteiger partial charge in [-0.25, -0.2) is 22.0 Å². The van der Waals surface area contributed by atoms with Crippen molar-refractivity contribution in [2.24, 2.45) is 0 Å². The van der Waals surface area contributed by atoms with Gasteiger partial charge in [0, 0.05) is 0 Å². The van der Waals surface area contributed by atoms with E-state index in [2.05, 4.69) is 0 Å². The van der Waals surface area contributed by atoms with Gasteiger partial charge in [0.05, 0.1) is 28.1 Å². The third-order valence-corrected chi connectivity index (χ3v) is 8.03. The van der Waals surface area contributed by atoms with Crippen LogP contribution in [0.2, 0.25) is 0 Å². The number of phenolic OH excluding ortho intramolecular Hbond substituents is 1. The van der Waals surface area contributed by atoms with Crippen LogP contribution >= 0.6 is 0 Å². The van der Waals surface area contributed by atoms with Gasteiger partial charge in [0.25, 0.3) is 6.43 Å². The standard InChI is InChI=1S/C32H35F5O3S/c1-3-5-9-17-40-27-16-15-23(19-28(27)41(39)20-26(33)30(34)31(35)32(36)37)29(22-13-10-14-24(38)18-22)25(4-2)21-11-7-6-8-12-21/h6-8,10-16,18-19,26,30-32,38H,3-5,9,17,20H2,1-2H3. The molecule has 9 heteroatoms. The van der Waals surface area contributed by atoms with E-state index in [0.29, 0.717) is 36.1 Å². The zero-order valence-electron chi connectivity index (χ0n) is 23.0. The highest BCUT2D eigenvalue weighted by Crippen LogP contribution is 2.38.